The number of esters is 1. The first-order valence-electron chi connectivity index (χ1n) is 7.46. The molecule has 2 rings (SSSR count). The monoisotopic (exact) mass is 290 g/mol. The minimum Gasteiger partial charge on any atom is -0.497 e. The molecule has 1 aliphatic carbocycles. The van der Waals surface area contributed by atoms with Gasteiger partial charge in [-0.2, -0.15) is 0 Å². The second-order valence-corrected chi connectivity index (χ2v) is 5.46. The van der Waals surface area contributed by atoms with E-state index in [0.717, 1.165) is 24.2 Å². The summed E-state index contributed by atoms with van der Waals surface area (Å²) in [5, 5.41) is 0. The summed E-state index contributed by atoms with van der Waals surface area (Å²) >= 11 is 0. The second kappa shape index (κ2) is 6.74. The van der Waals surface area contributed by atoms with Gasteiger partial charge in [-0.1, -0.05) is 18.6 Å². The van der Waals surface area contributed by atoms with Gasteiger partial charge < -0.3 is 9.47 Å². The fraction of sp³-hybridized carbons (Fsp3) is 0.529. The van der Waals surface area contributed by atoms with Crippen LogP contribution in [0.2, 0.25) is 0 Å². The maximum Gasteiger partial charge on any atom is 0.319 e. The van der Waals surface area contributed by atoms with Gasteiger partial charge in [-0.25, -0.2) is 0 Å². The van der Waals surface area contributed by atoms with E-state index in [2.05, 4.69) is 0 Å². The van der Waals surface area contributed by atoms with Crippen molar-refractivity contribution in [1.29, 1.82) is 0 Å². The zero-order valence-corrected chi connectivity index (χ0v) is 12.7. The molecule has 1 aromatic rings. The number of hydrogen-bond donors (Lipinski definition) is 0. The molecular formula is C17H22O4. The molecule has 0 aromatic heterocycles. The van der Waals surface area contributed by atoms with Crippen LogP contribution in [-0.2, 0) is 20.7 Å². The van der Waals surface area contributed by atoms with Crippen molar-refractivity contribution < 1.29 is 19.1 Å². The zero-order chi connectivity index (χ0) is 15.3. The van der Waals surface area contributed by atoms with Crippen LogP contribution in [-0.4, -0.2) is 25.5 Å². The van der Waals surface area contributed by atoms with Crippen molar-refractivity contribution in [3.8, 4) is 5.75 Å². The first-order valence-corrected chi connectivity index (χ1v) is 7.46. The predicted molar refractivity (Wildman–Crippen MR) is 79.2 cm³/mol. The van der Waals surface area contributed by atoms with E-state index in [9.17, 15) is 9.59 Å². The molecule has 1 saturated carbocycles. The third-order valence-electron chi connectivity index (χ3n) is 4.12. The number of hydrogen-bond acceptors (Lipinski definition) is 4. The molecule has 1 fully saturated rings. The number of ether oxygens (including phenoxy) is 2. The van der Waals surface area contributed by atoms with Gasteiger partial charge in [0.2, 0.25) is 0 Å². The van der Waals surface area contributed by atoms with Crippen LogP contribution in [0.4, 0.5) is 0 Å². The summed E-state index contributed by atoms with van der Waals surface area (Å²) < 4.78 is 10.3. The third-order valence-corrected chi connectivity index (χ3v) is 4.12. The first-order chi connectivity index (χ1) is 10.1. The van der Waals surface area contributed by atoms with E-state index in [0.29, 0.717) is 25.9 Å². The lowest BCUT2D eigenvalue weighted by Gasteiger charge is -2.33. The van der Waals surface area contributed by atoms with E-state index < -0.39 is 5.41 Å². The lowest BCUT2D eigenvalue weighted by atomic mass is 9.69. The summed E-state index contributed by atoms with van der Waals surface area (Å²) in [6, 6.07) is 7.51. The molecule has 1 aromatic carbocycles. The van der Waals surface area contributed by atoms with Crippen LogP contribution in [0.5, 0.6) is 5.75 Å². The normalized spacial score (nSPS) is 21.9. The van der Waals surface area contributed by atoms with Gasteiger partial charge >= 0.3 is 5.97 Å². The second-order valence-electron chi connectivity index (χ2n) is 5.46. The van der Waals surface area contributed by atoms with Crippen LogP contribution >= 0.6 is 0 Å². The molecule has 21 heavy (non-hydrogen) atoms. The van der Waals surface area contributed by atoms with Crippen LogP contribution in [0.1, 0.15) is 38.2 Å². The quantitative estimate of drug-likeness (QED) is 0.618. The van der Waals surface area contributed by atoms with Crippen LogP contribution in [0.3, 0.4) is 0 Å². The van der Waals surface area contributed by atoms with Gasteiger partial charge in [-0.15, -0.1) is 0 Å². The van der Waals surface area contributed by atoms with E-state index in [1.54, 1.807) is 14.0 Å². The van der Waals surface area contributed by atoms with Gasteiger partial charge in [-0.3, -0.25) is 9.59 Å². The molecule has 114 valence electrons. The number of rotatable bonds is 5. The number of carbonyl (C=O) groups excluding carboxylic acids is 2. The average Bonchev–Trinajstić information content (AvgIpc) is 2.50. The van der Waals surface area contributed by atoms with Crippen molar-refractivity contribution in [2.45, 2.75) is 39.0 Å². The van der Waals surface area contributed by atoms with Crippen molar-refractivity contribution >= 4 is 11.8 Å². The lowest BCUT2D eigenvalue weighted by Crippen LogP contribution is -2.44. The van der Waals surface area contributed by atoms with E-state index in [4.69, 9.17) is 9.47 Å². The van der Waals surface area contributed by atoms with Crippen molar-refractivity contribution in [2.75, 3.05) is 13.7 Å². The first kappa shape index (κ1) is 15.5. The molecule has 0 aliphatic heterocycles. The summed E-state index contributed by atoms with van der Waals surface area (Å²) in [5.41, 5.74) is -0.0397. The van der Waals surface area contributed by atoms with Gasteiger partial charge in [0.25, 0.3) is 0 Å². The van der Waals surface area contributed by atoms with Gasteiger partial charge in [-0.05, 0) is 43.9 Å². The highest BCUT2D eigenvalue weighted by Crippen LogP contribution is 2.38. The molecule has 1 unspecified atom stereocenters. The zero-order valence-electron chi connectivity index (χ0n) is 12.7. The molecule has 0 amide bonds. The fourth-order valence-electron chi connectivity index (χ4n) is 2.93. The molecule has 4 nitrogen and oxygen atoms in total. The maximum atomic E-state index is 12.4. The van der Waals surface area contributed by atoms with E-state index >= 15 is 0 Å². The Balaban J connectivity index is 2.26. The molecule has 0 N–H and O–H groups in total. The maximum absolute atomic E-state index is 12.4. The highest BCUT2D eigenvalue weighted by atomic mass is 16.5. The molecule has 0 spiro atoms. The number of Topliss-reactive ketones (excluding diaryl/α,β-unsaturated/α-hetero) is 1. The molecular weight excluding hydrogens is 268 g/mol. The van der Waals surface area contributed by atoms with Crippen LogP contribution in [0.25, 0.3) is 0 Å². The van der Waals surface area contributed by atoms with Crippen LogP contribution < -0.4 is 4.74 Å². The molecule has 0 bridgehead atoms. The van der Waals surface area contributed by atoms with Gasteiger partial charge in [0.1, 0.15) is 11.2 Å². The topological polar surface area (TPSA) is 52.6 Å². The summed E-state index contributed by atoms with van der Waals surface area (Å²) in [5.74, 6) is 0.410. The molecule has 1 atom stereocenters. The van der Waals surface area contributed by atoms with Gasteiger partial charge in [0.05, 0.1) is 13.7 Å². The van der Waals surface area contributed by atoms with Crippen molar-refractivity contribution in [3.05, 3.63) is 29.8 Å². The Labute approximate surface area is 125 Å². The summed E-state index contributed by atoms with van der Waals surface area (Å²) in [7, 11) is 1.61. The number of ketones is 1. The van der Waals surface area contributed by atoms with E-state index in [-0.39, 0.29) is 11.8 Å². The standard InChI is InChI=1S/C17H22O4/c1-3-21-16(19)17(11-5-4-6-15(17)18)12-13-7-9-14(20-2)10-8-13/h7-10H,3-6,11-12H2,1-2H3. The van der Waals surface area contributed by atoms with Crippen LogP contribution in [0, 0.1) is 5.41 Å². The number of methoxy groups -OCH3 is 1. The van der Waals surface area contributed by atoms with E-state index in [1.165, 1.54) is 0 Å². The molecule has 4 heteroatoms. The molecule has 0 heterocycles. The van der Waals surface area contributed by atoms with Crippen molar-refractivity contribution in [1.82, 2.24) is 0 Å². The lowest BCUT2D eigenvalue weighted by molar-refractivity contribution is -0.162. The third kappa shape index (κ3) is 3.26. The highest BCUT2D eigenvalue weighted by Gasteiger charge is 2.47. The SMILES string of the molecule is CCOC(=O)C1(Cc2ccc(OC)cc2)CCCCC1=O. The minimum atomic E-state index is -0.997. The molecule has 1 aliphatic rings. The Morgan fingerprint density at radius 2 is 1.95 bits per heavy atom. The summed E-state index contributed by atoms with van der Waals surface area (Å²) in [4.78, 5) is 24.8. The summed E-state index contributed by atoms with van der Waals surface area (Å²) in [6.07, 6.45) is 3.21. The number of benzene rings is 1. The Morgan fingerprint density at radius 3 is 2.52 bits per heavy atom. The average molecular weight is 290 g/mol. The predicted octanol–water partition coefficient (Wildman–Crippen LogP) is 2.93. The highest BCUT2D eigenvalue weighted by molar-refractivity contribution is 6.04. The van der Waals surface area contributed by atoms with Gasteiger partial charge in [0.15, 0.2) is 5.78 Å². The molecule has 0 saturated heterocycles. The van der Waals surface area contributed by atoms with Crippen molar-refractivity contribution in [3.63, 3.8) is 0 Å². The Kier molecular flexibility index (Phi) is 4.99. The Hall–Kier alpha value is -1.84. The Morgan fingerprint density at radius 1 is 1.24 bits per heavy atom. The fourth-order valence-corrected chi connectivity index (χ4v) is 2.93. The largest absolute Gasteiger partial charge is 0.497 e. The molecule has 0 radical (unpaired) electrons. The van der Waals surface area contributed by atoms with Crippen molar-refractivity contribution in [2.24, 2.45) is 5.41 Å². The van der Waals surface area contributed by atoms with E-state index in [1.807, 2.05) is 24.3 Å². The smallest absolute Gasteiger partial charge is 0.319 e. The Bertz CT molecular complexity index is 506. The summed E-state index contributed by atoms with van der Waals surface area (Å²) in [6.45, 7) is 2.07. The number of carbonyl (C=O) groups is 2. The van der Waals surface area contributed by atoms with Gasteiger partial charge in [0, 0.05) is 6.42 Å². The van der Waals surface area contributed by atoms with Crippen LogP contribution in [0.15, 0.2) is 24.3 Å². The minimum absolute atomic E-state index is 0.0167.